The molecule has 0 aromatic rings. The maximum atomic E-state index is 4.25. The van der Waals surface area contributed by atoms with Gasteiger partial charge in [-0.3, -0.25) is 0 Å². The summed E-state index contributed by atoms with van der Waals surface area (Å²) in [7, 11) is 1.94. The van der Waals surface area contributed by atoms with Crippen LogP contribution in [0.2, 0.25) is 0 Å². The van der Waals surface area contributed by atoms with Crippen molar-refractivity contribution < 1.29 is 51.4 Å². The maximum Gasteiger partial charge on any atom is 1.00 e. The van der Waals surface area contributed by atoms with E-state index in [2.05, 4.69) is 5.32 Å². The summed E-state index contributed by atoms with van der Waals surface area (Å²) in [5.41, 5.74) is 0. The summed E-state index contributed by atoms with van der Waals surface area (Å²) in [5, 5.41) is 4.25. The number of nitrogens with zero attached hydrogens (tertiary/aromatic N) is 1. The number of hydrogen-bond acceptors (Lipinski definition) is 0. The molecule has 1 rings (SSSR count). The van der Waals surface area contributed by atoms with Crippen LogP contribution in [0.3, 0.4) is 0 Å². The molecule has 1 fully saturated rings. The molecule has 0 N–H and O–H groups in total. The minimum Gasteiger partial charge on any atom is -0.662 e. The molecule has 0 aromatic heterocycles. The molecule has 0 atom stereocenters. The van der Waals surface area contributed by atoms with Gasteiger partial charge in [0.25, 0.3) is 0 Å². The third kappa shape index (κ3) is 4.12. The number of hydrogen-bond donors (Lipinski definition) is 0. The molecule has 0 spiro atoms. The summed E-state index contributed by atoms with van der Waals surface area (Å²) in [6, 6.07) is 0.712. The first-order valence-corrected chi connectivity index (χ1v) is 3.52. The summed E-state index contributed by atoms with van der Waals surface area (Å²) in [4.78, 5) is 0. The predicted molar refractivity (Wildman–Crippen MR) is 36.2 cm³/mol. The Bertz CT molecular complexity index is 59.9. The van der Waals surface area contributed by atoms with E-state index in [1.54, 1.807) is 0 Å². The van der Waals surface area contributed by atoms with Crippen molar-refractivity contribution in [2.45, 2.75) is 38.1 Å². The molecule has 1 aliphatic carbocycles. The van der Waals surface area contributed by atoms with Gasteiger partial charge in [0, 0.05) is 0 Å². The molecule has 1 nitrogen and oxygen atoms in total. The van der Waals surface area contributed by atoms with E-state index in [0.717, 1.165) is 0 Å². The Morgan fingerprint density at radius 3 is 2.00 bits per heavy atom. The average molecular weight is 151 g/mol. The van der Waals surface area contributed by atoms with Gasteiger partial charge < -0.3 is 5.32 Å². The summed E-state index contributed by atoms with van der Waals surface area (Å²) in [5.74, 6) is 0. The van der Waals surface area contributed by atoms with Crippen LogP contribution in [0.25, 0.3) is 5.32 Å². The quantitative estimate of drug-likeness (QED) is 0.441. The average Bonchev–Trinajstić information content (AvgIpc) is 1.90. The topological polar surface area (TPSA) is 14.1 Å². The molecule has 0 radical (unpaired) electrons. The smallest absolute Gasteiger partial charge is 0.662 e. The van der Waals surface area contributed by atoms with E-state index in [0.29, 0.717) is 6.04 Å². The van der Waals surface area contributed by atoms with Crippen molar-refractivity contribution in [2.24, 2.45) is 0 Å². The second-order valence-electron chi connectivity index (χ2n) is 2.55. The zero-order valence-electron chi connectivity index (χ0n) is 6.56. The van der Waals surface area contributed by atoms with Crippen LogP contribution in [0.4, 0.5) is 0 Å². The molecule has 0 aromatic carbocycles. The Hall–Kier alpha value is 1.60. The van der Waals surface area contributed by atoms with Gasteiger partial charge in [-0.15, -0.1) is 6.04 Å². The molecule has 0 amide bonds. The first-order valence-electron chi connectivity index (χ1n) is 3.52. The normalized spacial score (nSPS) is 21.0. The fraction of sp³-hybridized carbons (Fsp3) is 1.00. The maximum absolute atomic E-state index is 4.25. The largest absolute Gasteiger partial charge is 1.00 e. The Labute approximate surface area is 100 Å². The van der Waals surface area contributed by atoms with E-state index in [4.69, 9.17) is 0 Å². The van der Waals surface area contributed by atoms with Gasteiger partial charge in [-0.05, 0) is 0 Å². The third-order valence-electron chi connectivity index (χ3n) is 1.94. The third-order valence-corrected chi connectivity index (χ3v) is 1.94. The van der Waals surface area contributed by atoms with Crippen LogP contribution in [-0.2, 0) is 0 Å². The van der Waals surface area contributed by atoms with Gasteiger partial charge in [0.1, 0.15) is 0 Å². The molecule has 9 heavy (non-hydrogen) atoms. The van der Waals surface area contributed by atoms with E-state index in [1.807, 2.05) is 7.05 Å². The van der Waals surface area contributed by atoms with Crippen LogP contribution in [0.5, 0.6) is 0 Å². The zero-order valence-corrected chi connectivity index (χ0v) is 9.68. The molecular formula is C7H14KN. The summed E-state index contributed by atoms with van der Waals surface area (Å²) >= 11 is 0. The van der Waals surface area contributed by atoms with Crippen LogP contribution in [0.1, 0.15) is 32.1 Å². The molecule has 0 bridgehead atoms. The second kappa shape index (κ2) is 6.32. The first kappa shape index (κ1) is 10.6. The Kier molecular flexibility index (Phi) is 7.44. The van der Waals surface area contributed by atoms with Crippen molar-refractivity contribution in [2.75, 3.05) is 7.05 Å². The van der Waals surface area contributed by atoms with Crippen molar-refractivity contribution in [1.82, 2.24) is 0 Å². The van der Waals surface area contributed by atoms with Crippen LogP contribution < -0.4 is 51.4 Å². The van der Waals surface area contributed by atoms with E-state index < -0.39 is 0 Å². The van der Waals surface area contributed by atoms with Crippen LogP contribution in [0.15, 0.2) is 0 Å². The molecule has 0 saturated heterocycles. The fourth-order valence-electron chi connectivity index (χ4n) is 1.34. The van der Waals surface area contributed by atoms with Gasteiger partial charge in [-0.2, -0.15) is 7.05 Å². The Morgan fingerprint density at radius 2 is 1.67 bits per heavy atom. The molecular weight excluding hydrogens is 137 g/mol. The Balaban J connectivity index is 0.000000640. The minimum atomic E-state index is 0. The summed E-state index contributed by atoms with van der Waals surface area (Å²) in [6.07, 6.45) is 6.93. The zero-order chi connectivity index (χ0) is 5.82. The second-order valence-corrected chi connectivity index (χ2v) is 2.55. The predicted octanol–water partition coefficient (Wildman–Crippen LogP) is -0.673. The van der Waals surface area contributed by atoms with Crippen LogP contribution in [0, 0.1) is 0 Å². The van der Waals surface area contributed by atoms with E-state index in [9.17, 15) is 0 Å². The van der Waals surface area contributed by atoms with Crippen molar-refractivity contribution in [3.63, 3.8) is 0 Å². The van der Waals surface area contributed by atoms with E-state index >= 15 is 0 Å². The molecule has 2 heteroatoms. The summed E-state index contributed by atoms with van der Waals surface area (Å²) < 4.78 is 0. The molecule has 0 unspecified atom stereocenters. The van der Waals surface area contributed by atoms with Gasteiger partial charge in [0.2, 0.25) is 0 Å². The van der Waals surface area contributed by atoms with Gasteiger partial charge >= 0.3 is 51.4 Å². The van der Waals surface area contributed by atoms with Gasteiger partial charge in [-0.1, -0.05) is 32.1 Å². The monoisotopic (exact) mass is 151 g/mol. The molecule has 0 heterocycles. The van der Waals surface area contributed by atoms with E-state index in [-0.39, 0.29) is 51.4 Å². The molecule has 48 valence electrons. The number of rotatable bonds is 1. The van der Waals surface area contributed by atoms with Crippen LogP contribution >= 0.6 is 0 Å². The SMILES string of the molecule is C[N-]C1CCCCC1.[K+]. The fourth-order valence-corrected chi connectivity index (χ4v) is 1.34. The van der Waals surface area contributed by atoms with Crippen molar-refractivity contribution in [3.05, 3.63) is 5.32 Å². The summed E-state index contributed by atoms with van der Waals surface area (Å²) in [6.45, 7) is 0. The van der Waals surface area contributed by atoms with Crippen molar-refractivity contribution in [3.8, 4) is 0 Å². The minimum absolute atomic E-state index is 0. The standard InChI is InChI=1S/C7H14N.K/c1-8-7-5-3-2-4-6-7;/h7H,2-6H2,1H3;/q-1;+1. The van der Waals surface area contributed by atoms with Gasteiger partial charge in [-0.25, -0.2) is 0 Å². The van der Waals surface area contributed by atoms with Gasteiger partial charge in [0.05, 0.1) is 0 Å². The molecule has 0 aliphatic heterocycles. The van der Waals surface area contributed by atoms with E-state index in [1.165, 1.54) is 32.1 Å². The Morgan fingerprint density at radius 1 is 1.11 bits per heavy atom. The van der Waals surface area contributed by atoms with Crippen molar-refractivity contribution in [1.29, 1.82) is 0 Å². The van der Waals surface area contributed by atoms with Gasteiger partial charge in [0.15, 0.2) is 0 Å². The first-order chi connectivity index (χ1) is 3.93. The molecule has 1 aliphatic rings. The van der Waals surface area contributed by atoms with Crippen LogP contribution in [-0.4, -0.2) is 13.1 Å². The molecule has 1 saturated carbocycles. The van der Waals surface area contributed by atoms with Crippen molar-refractivity contribution >= 4 is 0 Å².